The van der Waals surface area contributed by atoms with Gasteiger partial charge < -0.3 is 20.0 Å². The monoisotopic (exact) mass is 348 g/mol. The van der Waals surface area contributed by atoms with Gasteiger partial charge in [-0.15, -0.1) is 0 Å². The molecule has 1 atom stereocenters. The van der Waals surface area contributed by atoms with Crippen LogP contribution in [0, 0.1) is 5.92 Å². The highest BCUT2D eigenvalue weighted by Gasteiger charge is 2.29. The molecular weight excluding hydrogens is 312 g/mol. The first-order valence-electron chi connectivity index (χ1n) is 9.56. The Morgan fingerprint density at radius 2 is 1.72 bits per heavy atom. The Bertz CT molecular complexity index is 533. The zero-order chi connectivity index (χ0) is 18.4. The smallest absolute Gasteiger partial charge is 0.220 e. The van der Waals surface area contributed by atoms with Crippen LogP contribution in [0.2, 0.25) is 0 Å². The van der Waals surface area contributed by atoms with E-state index in [1.807, 2.05) is 0 Å². The van der Waals surface area contributed by atoms with Crippen molar-refractivity contribution in [1.29, 1.82) is 0 Å². The molecule has 0 aliphatic carbocycles. The van der Waals surface area contributed by atoms with Gasteiger partial charge in [0.2, 0.25) is 5.91 Å². The highest BCUT2D eigenvalue weighted by Crippen LogP contribution is 2.16. The fourth-order valence-electron chi connectivity index (χ4n) is 3.51. The Morgan fingerprint density at radius 3 is 2.24 bits per heavy atom. The lowest BCUT2D eigenvalue weighted by Crippen LogP contribution is -3.27. The SMILES string of the molecule is CC(C)CC(=O)NC[C@H](c1ccc(N(C)C)cc1)[NH+]1CC[NH+](C)CC1. The topological polar surface area (TPSA) is 41.2 Å². The normalized spacial score (nSPS) is 21.8. The van der Waals surface area contributed by atoms with E-state index in [0.29, 0.717) is 18.4 Å². The van der Waals surface area contributed by atoms with E-state index in [9.17, 15) is 4.79 Å². The van der Waals surface area contributed by atoms with Crippen molar-refractivity contribution >= 4 is 11.6 Å². The zero-order valence-corrected chi connectivity index (χ0v) is 16.6. The van der Waals surface area contributed by atoms with E-state index in [-0.39, 0.29) is 5.91 Å². The standard InChI is InChI=1S/C20H34N4O/c1-16(2)14-20(25)21-15-19(24-12-10-23(5)11-13-24)17-6-8-18(9-7-17)22(3)4/h6-9,16,19H,10-15H2,1-5H3,(H,21,25)/p+2/t19-/m1/s1. The van der Waals surface area contributed by atoms with E-state index in [1.165, 1.54) is 24.3 Å². The van der Waals surface area contributed by atoms with Crippen molar-refractivity contribution in [3.8, 4) is 0 Å². The van der Waals surface area contributed by atoms with Crippen LogP contribution in [-0.2, 0) is 4.79 Å². The molecule has 5 nitrogen and oxygen atoms in total. The van der Waals surface area contributed by atoms with Crippen LogP contribution in [-0.4, -0.2) is 59.8 Å². The average molecular weight is 349 g/mol. The Kier molecular flexibility index (Phi) is 7.26. The zero-order valence-electron chi connectivity index (χ0n) is 16.6. The predicted octanol–water partition coefficient (Wildman–Crippen LogP) is -0.631. The summed E-state index contributed by atoms with van der Waals surface area (Å²) in [5.74, 6) is 0.571. The van der Waals surface area contributed by atoms with Gasteiger partial charge >= 0.3 is 0 Å². The largest absolute Gasteiger partial charge is 0.378 e. The molecule has 0 aromatic heterocycles. The lowest BCUT2D eigenvalue weighted by atomic mass is 10.0. The number of nitrogens with one attached hydrogen (secondary N) is 3. The Hall–Kier alpha value is -1.59. The summed E-state index contributed by atoms with van der Waals surface area (Å²) >= 11 is 0. The number of likely N-dealkylation sites (N-methyl/N-ethyl adjacent to an activating group) is 1. The minimum atomic E-state index is 0.170. The number of quaternary nitrogens is 2. The third-order valence-corrected chi connectivity index (χ3v) is 5.15. The van der Waals surface area contributed by atoms with E-state index in [4.69, 9.17) is 0 Å². The number of carbonyl (C=O) groups is 1. The minimum Gasteiger partial charge on any atom is -0.378 e. The van der Waals surface area contributed by atoms with Gasteiger partial charge in [0.05, 0.1) is 13.6 Å². The number of nitrogens with zero attached hydrogens (tertiary/aromatic N) is 1. The minimum absolute atomic E-state index is 0.170. The van der Waals surface area contributed by atoms with Crippen LogP contribution in [0.3, 0.4) is 0 Å². The quantitative estimate of drug-likeness (QED) is 0.614. The molecule has 1 aromatic carbocycles. The lowest BCUT2D eigenvalue weighted by molar-refractivity contribution is -1.02. The second-order valence-corrected chi connectivity index (χ2v) is 8.06. The van der Waals surface area contributed by atoms with Gasteiger partial charge in [0.1, 0.15) is 32.2 Å². The fraction of sp³-hybridized carbons (Fsp3) is 0.650. The van der Waals surface area contributed by atoms with Gasteiger partial charge in [-0.2, -0.15) is 0 Å². The van der Waals surface area contributed by atoms with E-state index < -0.39 is 0 Å². The predicted molar refractivity (Wildman–Crippen MR) is 103 cm³/mol. The van der Waals surface area contributed by atoms with Crippen LogP contribution in [0.5, 0.6) is 0 Å². The van der Waals surface area contributed by atoms with Gasteiger partial charge in [-0.05, 0) is 18.1 Å². The summed E-state index contributed by atoms with van der Waals surface area (Å²) in [4.78, 5) is 17.5. The Labute approximate surface area is 153 Å². The Balaban J connectivity index is 2.09. The molecule has 25 heavy (non-hydrogen) atoms. The molecule has 3 N–H and O–H groups in total. The van der Waals surface area contributed by atoms with E-state index in [1.54, 1.807) is 9.80 Å². The summed E-state index contributed by atoms with van der Waals surface area (Å²) in [5.41, 5.74) is 2.54. The van der Waals surface area contributed by atoms with Crippen LogP contribution < -0.4 is 20.0 Å². The molecule has 1 heterocycles. The number of benzene rings is 1. The van der Waals surface area contributed by atoms with Crippen molar-refractivity contribution in [3.05, 3.63) is 29.8 Å². The Morgan fingerprint density at radius 1 is 1.12 bits per heavy atom. The van der Waals surface area contributed by atoms with Crippen LogP contribution in [0.15, 0.2) is 24.3 Å². The van der Waals surface area contributed by atoms with Crippen LogP contribution in [0.1, 0.15) is 31.9 Å². The number of piperazine rings is 1. The number of hydrogen-bond donors (Lipinski definition) is 3. The maximum Gasteiger partial charge on any atom is 0.220 e. The maximum absolute atomic E-state index is 12.1. The van der Waals surface area contributed by atoms with E-state index in [2.05, 4.69) is 69.5 Å². The van der Waals surface area contributed by atoms with Gasteiger partial charge in [-0.3, -0.25) is 4.79 Å². The van der Waals surface area contributed by atoms with E-state index >= 15 is 0 Å². The molecule has 0 spiro atoms. The molecule has 5 heteroatoms. The first kappa shape index (κ1) is 19.7. The number of carbonyl (C=O) groups excluding carboxylic acids is 1. The van der Waals surface area contributed by atoms with Crippen molar-refractivity contribution in [1.82, 2.24) is 5.32 Å². The van der Waals surface area contributed by atoms with Gasteiger partial charge in [0, 0.05) is 31.8 Å². The molecule has 0 bridgehead atoms. The van der Waals surface area contributed by atoms with E-state index in [0.717, 1.165) is 19.6 Å². The molecule has 1 aliphatic rings. The molecule has 1 aliphatic heterocycles. The van der Waals surface area contributed by atoms with Crippen molar-refractivity contribution in [2.45, 2.75) is 26.3 Å². The van der Waals surface area contributed by atoms with Crippen LogP contribution in [0.4, 0.5) is 5.69 Å². The second-order valence-electron chi connectivity index (χ2n) is 8.06. The third kappa shape index (κ3) is 6.01. The van der Waals surface area contributed by atoms with Gasteiger partial charge in [-0.1, -0.05) is 26.0 Å². The summed E-state index contributed by atoms with van der Waals surface area (Å²) in [6.45, 7) is 9.61. The highest BCUT2D eigenvalue weighted by atomic mass is 16.1. The van der Waals surface area contributed by atoms with Crippen molar-refractivity contribution < 1.29 is 14.6 Å². The van der Waals surface area contributed by atoms with Crippen LogP contribution >= 0.6 is 0 Å². The number of hydrogen-bond acceptors (Lipinski definition) is 2. The lowest BCUT2D eigenvalue weighted by Gasteiger charge is -2.34. The van der Waals surface area contributed by atoms with Crippen LogP contribution in [0.25, 0.3) is 0 Å². The van der Waals surface area contributed by atoms with Crippen molar-refractivity contribution in [3.63, 3.8) is 0 Å². The summed E-state index contributed by atoms with van der Waals surface area (Å²) < 4.78 is 0. The first-order valence-corrected chi connectivity index (χ1v) is 9.56. The summed E-state index contributed by atoms with van der Waals surface area (Å²) in [7, 11) is 6.39. The third-order valence-electron chi connectivity index (χ3n) is 5.15. The fourth-order valence-corrected chi connectivity index (χ4v) is 3.51. The summed E-state index contributed by atoms with van der Waals surface area (Å²) in [6, 6.07) is 9.15. The summed E-state index contributed by atoms with van der Waals surface area (Å²) in [5, 5.41) is 3.18. The molecular formula is C20H36N4O+2. The summed E-state index contributed by atoms with van der Waals surface area (Å²) in [6.07, 6.45) is 0.606. The molecule has 1 saturated heterocycles. The van der Waals surface area contributed by atoms with Gasteiger partial charge in [-0.25, -0.2) is 0 Å². The molecule has 0 saturated carbocycles. The van der Waals surface area contributed by atoms with Crippen molar-refractivity contribution in [2.24, 2.45) is 5.92 Å². The van der Waals surface area contributed by atoms with Gasteiger partial charge in [0.15, 0.2) is 0 Å². The second kappa shape index (κ2) is 9.20. The highest BCUT2D eigenvalue weighted by molar-refractivity contribution is 5.76. The maximum atomic E-state index is 12.1. The number of rotatable bonds is 7. The van der Waals surface area contributed by atoms with Crippen molar-refractivity contribution in [2.75, 3.05) is 58.8 Å². The molecule has 2 rings (SSSR count). The molecule has 1 fully saturated rings. The number of anilines is 1. The molecule has 0 unspecified atom stereocenters. The average Bonchev–Trinajstić information content (AvgIpc) is 2.56. The molecule has 1 amide bonds. The molecule has 0 radical (unpaired) electrons. The first-order chi connectivity index (χ1) is 11.9. The molecule has 140 valence electrons. The molecule has 1 aromatic rings. The number of amides is 1. The van der Waals surface area contributed by atoms with Gasteiger partial charge in [0.25, 0.3) is 0 Å².